The number of nitrogens with zero attached hydrogens (tertiary/aromatic N) is 6. The van der Waals surface area contributed by atoms with E-state index in [9.17, 15) is 0 Å². The van der Waals surface area contributed by atoms with E-state index in [1.807, 2.05) is 26.0 Å². The fourth-order valence-corrected chi connectivity index (χ4v) is 4.87. The quantitative estimate of drug-likeness (QED) is 0.572. The highest BCUT2D eigenvalue weighted by Crippen LogP contribution is 2.40. The van der Waals surface area contributed by atoms with Gasteiger partial charge in [-0.05, 0) is 70.1 Å². The Balaban J connectivity index is 1.32. The van der Waals surface area contributed by atoms with Crippen LogP contribution in [0.2, 0.25) is 5.02 Å². The van der Waals surface area contributed by atoms with Crippen molar-refractivity contribution in [1.82, 2.24) is 24.9 Å². The number of aryl methyl sites for hydroxylation is 2. The first-order chi connectivity index (χ1) is 15.4. The molecule has 1 aliphatic heterocycles. The number of anilines is 2. The average molecular weight is 458 g/mol. The lowest BCUT2D eigenvalue weighted by Crippen LogP contribution is -2.48. The molecule has 2 fully saturated rings. The fraction of sp³-hybridized carbons (Fsp3) is 0.545. The number of fused-ring (bicyclic) bond motifs is 2. The van der Waals surface area contributed by atoms with Crippen molar-refractivity contribution in [3.63, 3.8) is 0 Å². The normalized spacial score (nSPS) is 22.6. The van der Waals surface area contributed by atoms with Crippen molar-refractivity contribution < 1.29 is 9.26 Å². The second kappa shape index (κ2) is 8.27. The average Bonchev–Trinajstić information content (AvgIpc) is 3.41. The Bertz CT molecular complexity index is 1100. The van der Waals surface area contributed by atoms with Crippen molar-refractivity contribution in [3.8, 4) is 11.8 Å². The number of nitrogens with one attached hydrogen (secondary N) is 1. The summed E-state index contributed by atoms with van der Waals surface area (Å²) in [5.41, 5.74) is 1.00. The summed E-state index contributed by atoms with van der Waals surface area (Å²) in [4.78, 5) is 11.3. The highest BCUT2D eigenvalue weighted by atomic mass is 35.5. The highest BCUT2D eigenvalue weighted by molar-refractivity contribution is 6.31. The third-order valence-corrected chi connectivity index (χ3v) is 6.77. The van der Waals surface area contributed by atoms with E-state index < -0.39 is 0 Å². The minimum absolute atomic E-state index is 0.105. The molecule has 9 nitrogen and oxygen atoms in total. The number of halogens is 1. The van der Waals surface area contributed by atoms with Gasteiger partial charge in [0.05, 0.1) is 6.04 Å². The Labute approximate surface area is 192 Å². The van der Waals surface area contributed by atoms with Crippen LogP contribution in [0.3, 0.4) is 0 Å². The van der Waals surface area contributed by atoms with Crippen LogP contribution in [-0.4, -0.2) is 44.0 Å². The molecule has 5 rings (SSSR count). The van der Waals surface area contributed by atoms with Gasteiger partial charge in [0.2, 0.25) is 5.95 Å². The number of benzene rings is 1. The lowest BCUT2D eigenvalue weighted by atomic mass is 9.92. The number of aromatic nitrogens is 5. The molecule has 0 unspecified atom stereocenters. The monoisotopic (exact) mass is 457 g/mol. The molecule has 10 heteroatoms. The van der Waals surface area contributed by atoms with Gasteiger partial charge >= 0.3 is 12.0 Å². The maximum absolute atomic E-state index is 6.26. The summed E-state index contributed by atoms with van der Waals surface area (Å²) in [6.45, 7) is 9.68. The van der Waals surface area contributed by atoms with Crippen LogP contribution in [0.4, 0.5) is 12.0 Å². The smallest absolute Gasteiger partial charge is 0.324 e. The van der Waals surface area contributed by atoms with E-state index in [0.717, 1.165) is 31.5 Å². The van der Waals surface area contributed by atoms with Gasteiger partial charge in [0, 0.05) is 24.2 Å². The second-order valence-corrected chi connectivity index (χ2v) is 9.47. The van der Waals surface area contributed by atoms with Crippen LogP contribution in [0.15, 0.2) is 22.7 Å². The maximum Gasteiger partial charge on any atom is 0.324 e. The van der Waals surface area contributed by atoms with Gasteiger partial charge in [-0.2, -0.15) is 9.97 Å². The molecule has 1 aliphatic carbocycles. The van der Waals surface area contributed by atoms with Gasteiger partial charge in [-0.3, -0.25) is 0 Å². The molecule has 3 atom stereocenters. The van der Waals surface area contributed by atoms with E-state index in [2.05, 4.69) is 39.2 Å². The van der Waals surface area contributed by atoms with E-state index in [1.165, 1.54) is 0 Å². The Morgan fingerprint density at radius 1 is 1.16 bits per heavy atom. The van der Waals surface area contributed by atoms with Crippen LogP contribution in [0.5, 0.6) is 11.8 Å². The van der Waals surface area contributed by atoms with Crippen LogP contribution >= 0.6 is 11.6 Å². The first-order valence-electron chi connectivity index (χ1n) is 11.1. The molecule has 1 saturated heterocycles. The van der Waals surface area contributed by atoms with Gasteiger partial charge in [0.1, 0.15) is 5.75 Å². The molecule has 3 heterocycles. The summed E-state index contributed by atoms with van der Waals surface area (Å²) in [6, 6.07) is 7.11. The van der Waals surface area contributed by atoms with E-state index in [4.69, 9.17) is 26.0 Å². The minimum atomic E-state index is 0.105. The molecule has 1 aromatic carbocycles. The van der Waals surface area contributed by atoms with Crippen molar-refractivity contribution in [3.05, 3.63) is 34.6 Å². The van der Waals surface area contributed by atoms with Crippen LogP contribution < -0.4 is 15.0 Å². The maximum atomic E-state index is 6.26. The molecule has 1 N–H and O–H groups in total. The fourth-order valence-electron chi connectivity index (χ4n) is 4.70. The number of rotatable bonds is 6. The Kier molecular flexibility index (Phi) is 5.44. The molecule has 0 spiro atoms. The molecule has 2 aliphatic rings. The standard InChI is InChI=1S/C22H28ClN7O2/c1-12(2)30-22(31-17-8-5-13(3)18(23)9-17)26-20(27-30)25-19-15-6-7-16(19)11-29(10-15)21-24-14(4)28-32-21/h5,8-9,12,15-16,19H,6-7,10-11H2,1-4H3,(H,25,27)/t15-,16+,19-. The summed E-state index contributed by atoms with van der Waals surface area (Å²) in [5, 5.41) is 12.9. The van der Waals surface area contributed by atoms with E-state index in [0.29, 0.717) is 52.4 Å². The second-order valence-electron chi connectivity index (χ2n) is 9.07. The summed E-state index contributed by atoms with van der Waals surface area (Å²) in [7, 11) is 0. The summed E-state index contributed by atoms with van der Waals surface area (Å²) < 4.78 is 13.2. The molecule has 2 bridgehead atoms. The zero-order valence-corrected chi connectivity index (χ0v) is 19.5. The van der Waals surface area contributed by atoms with Gasteiger partial charge in [0.25, 0.3) is 0 Å². The highest BCUT2D eigenvalue weighted by Gasteiger charge is 2.43. The zero-order valence-electron chi connectivity index (χ0n) is 18.7. The molecule has 1 saturated carbocycles. The van der Waals surface area contributed by atoms with Crippen molar-refractivity contribution >= 4 is 23.6 Å². The van der Waals surface area contributed by atoms with Crippen molar-refractivity contribution in [2.75, 3.05) is 23.3 Å². The number of hydrogen-bond acceptors (Lipinski definition) is 8. The minimum Gasteiger partial charge on any atom is -0.424 e. The summed E-state index contributed by atoms with van der Waals surface area (Å²) >= 11 is 6.26. The molecule has 170 valence electrons. The Morgan fingerprint density at radius 2 is 1.91 bits per heavy atom. The molecule has 0 amide bonds. The molecule has 32 heavy (non-hydrogen) atoms. The molecule has 3 aromatic rings. The van der Waals surface area contributed by atoms with E-state index in [-0.39, 0.29) is 6.04 Å². The van der Waals surface area contributed by atoms with Gasteiger partial charge in [-0.1, -0.05) is 22.8 Å². The molecule has 2 aromatic heterocycles. The van der Waals surface area contributed by atoms with Crippen molar-refractivity contribution in [2.45, 2.75) is 52.6 Å². The lowest BCUT2D eigenvalue weighted by molar-refractivity contribution is 0.340. The zero-order chi connectivity index (χ0) is 22.4. The molecule has 0 radical (unpaired) electrons. The molecular formula is C22H28ClN7O2. The van der Waals surface area contributed by atoms with E-state index >= 15 is 0 Å². The first kappa shape index (κ1) is 21.1. The van der Waals surface area contributed by atoms with Gasteiger partial charge < -0.3 is 19.5 Å². The van der Waals surface area contributed by atoms with Crippen LogP contribution in [-0.2, 0) is 0 Å². The van der Waals surface area contributed by atoms with E-state index in [1.54, 1.807) is 10.7 Å². The van der Waals surface area contributed by atoms with Crippen LogP contribution in [0, 0.1) is 25.7 Å². The van der Waals surface area contributed by atoms with Crippen LogP contribution in [0.25, 0.3) is 0 Å². The topological polar surface area (TPSA) is 94.1 Å². The van der Waals surface area contributed by atoms with Crippen molar-refractivity contribution in [2.24, 2.45) is 11.8 Å². The predicted octanol–water partition coefficient (Wildman–Crippen LogP) is 4.63. The SMILES string of the molecule is Cc1noc(N2C[C@H]3CC[C@@H](C2)[C@@H]3Nc2nc(Oc3ccc(C)c(Cl)c3)n(C(C)C)n2)n1. The Hall–Kier alpha value is -2.81. The Morgan fingerprint density at radius 3 is 2.53 bits per heavy atom. The lowest BCUT2D eigenvalue weighted by Gasteiger charge is -2.37. The third-order valence-electron chi connectivity index (χ3n) is 6.36. The third kappa shape index (κ3) is 4.01. The van der Waals surface area contributed by atoms with Crippen LogP contribution in [0.1, 0.15) is 44.1 Å². The largest absolute Gasteiger partial charge is 0.424 e. The summed E-state index contributed by atoms with van der Waals surface area (Å²) in [6.07, 6.45) is 2.31. The van der Waals surface area contributed by atoms with Gasteiger partial charge in [0.15, 0.2) is 5.82 Å². The number of ether oxygens (including phenoxy) is 1. The number of hydrogen-bond donors (Lipinski definition) is 1. The van der Waals surface area contributed by atoms with Gasteiger partial charge in [-0.25, -0.2) is 4.68 Å². The van der Waals surface area contributed by atoms with Crippen molar-refractivity contribution in [1.29, 1.82) is 0 Å². The van der Waals surface area contributed by atoms with Gasteiger partial charge in [-0.15, -0.1) is 5.10 Å². The summed E-state index contributed by atoms with van der Waals surface area (Å²) in [5.74, 6) is 2.83. The number of piperidine rings is 1. The molecular weight excluding hydrogens is 430 g/mol. The first-order valence-corrected chi connectivity index (χ1v) is 11.5. The predicted molar refractivity (Wildman–Crippen MR) is 122 cm³/mol.